The number of rotatable bonds is 2. The Morgan fingerprint density at radius 1 is 1.31 bits per heavy atom. The van der Waals surface area contributed by atoms with Crippen LogP contribution in [0.25, 0.3) is 0 Å². The van der Waals surface area contributed by atoms with Crippen LogP contribution < -0.4 is 5.32 Å². The van der Waals surface area contributed by atoms with Gasteiger partial charge >= 0.3 is 0 Å². The first kappa shape index (κ1) is 12.0. The fraction of sp³-hybridized carbons (Fsp3) is 0.571. The Morgan fingerprint density at radius 2 is 2.12 bits per heavy atom. The molecule has 2 unspecified atom stereocenters. The summed E-state index contributed by atoms with van der Waals surface area (Å²) in [4.78, 5) is 0. The molecule has 2 atom stereocenters. The van der Waals surface area contributed by atoms with Crippen LogP contribution >= 0.6 is 15.9 Å². The van der Waals surface area contributed by atoms with Crippen molar-refractivity contribution in [2.75, 3.05) is 5.32 Å². The molecule has 16 heavy (non-hydrogen) atoms. The van der Waals surface area contributed by atoms with Gasteiger partial charge in [0.1, 0.15) is 0 Å². The van der Waals surface area contributed by atoms with Gasteiger partial charge in [-0.15, -0.1) is 0 Å². The highest BCUT2D eigenvalue weighted by molar-refractivity contribution is 9.10. The van der Waals surface area contributed by atoms with E-state index < -0.39 is 0 Å². The third-order valence-electron chi connectivity index (χ3n) is 3.42. The quantitative estimate of drug-likeness (QED) is 0.825. The summed E-state index contributed by atoms with van der Waals surface area (Å²) in [6.07, 6.45) is 5.38. The second kappa shape index (κ2) is 5.22. The molecule has 0 bridgehead atoms. The van der Waals surface area contributed by atoms with Gasteiger partial charge in [0, 0.05) is 16.2 Å². The predicted octanol–water partition coefficient (Wildman–Crippen LogP) is 4.75. The van der Waals surface area contributed by atoms with Crippen LogP contribution in [0.2, 0.25) is 0 Å². The van der Waals surface area contributed by atoms with Crippen LogP contribution in [0.4, 0.5) is 5.69 Å². The lowest BCUT2D eigenvalue weighted by atomic mass is 9.87. The van der Waals surface area contributed by atoms with Crippen LogP contribution in [0.5, 0.6) is 0 Å². The van der Waals surface area contributed by atoms with Crippen LogP contribution in [0.1, 0.15) is 38.2 Å². The van der Waals surface area contributed by atoms with Crippen molar-refractivity contribution in [1.82, 2.24) is 0 Å². The molecule has 0 aromatic heterocycles. The van der Waals surface area contributed by atoms with Gasteiger partial charge in [0.2, 0.25) is 0 Å². The molecule has 2 heteroatoms. The van der Waals surface area contributed by atoms with Gasteiger partial charge in [0.25, 0.3) is 0 Å². The van der Waals surface area contributed by atoms with E-state index in [9.17, 15) is 0 Å². The Bertz CT molecular complexity index is 362. The van der Waals surface area contributed by atoms with Gasteiger partial charge < -0.3 is 5.32 Å². The summed E-state index contributed by atoms with van der Waals surface area (Å²) in [5, 5.41) is 3.67. The number of nitrogens with one attached hydrogen (secondary N) is 1. The lowest BCUT2D eigenvalue weighted by Gasteiger charge is -2.28. The van der Waals surface area contributed by atoms with Crippen molar-refractivity contribution in [3.05, 3.63) is 28.2 Å². The summed E-state index contributed by atoms with van der Waals surface area (Å²) < 4.78 is 1.18. The summed E-state index contributed by atoms with van der Waals surface area (Å²) in [7, 11) is 0. The molecule has 0 aliphatic heterocycles. The third kappa shape index (κ3) is 3.00. The third-order valence-corrected chi connectivity index (χ3v) is 4.11. The number of hydrogen-bond acceptors (Lipinski definition) is 1. The van der Waals surface area contributed by atoms with Crippen molar-refractivity contribution in [2.24, 2.45) is 5.92 Å². The largest absolute Gasteiger partial charge is 0.381 e. The number of hydrogen-bond donors (Lipinski definition) is 1. The standard InChI is InChI=1S/C14H20BrN/c1-10-4-3-5-12(8-10)16-14-9-11(2)6-7-13(14)15/h6-7,9-10,12,16H,3-5,8H2,1-2H3. The zero-order valence-corrected chi connectivity index (χ0v) is 11.7. The molecule has 0 radical (unpaired) electrons. The summed E-state index contributed by atoms with van der Waals surface area (Å²) in [5.41, 5.74) is 2.56. The molecule has 1 aromatic rings. The molecule has 1 aliphatic rings. The van der Waals surface area contributed by atoms with Gasteiger partial charge in [0.15, 0.2) is 0 Å². The SMILES string of the molecule is Cc1ccc(Br)c(NC2CCCC(C)C2)c1. The second-order valence-corrected chi connectivity index (χ2v) is 5.95. The molecular weight excluding hydrogens is 262 g/mol. The van der Waals surface area contributed by atoms with Crippen LogP contribution in [0, 0.1) is 12.8 Å². The summed E-state index contributed by atoms with van der Waals surface area (Å²) in [6.45, 7) is 4.50. The minimum Gasteiger partial charge on any atom is -0.381 e. The molecule has 0 amide bonds. The first-order chi connectivity index (χ1) is 7.65. The molecule has 1 aliphatic carbocycles. The number of benzene rings is 1. The molecular formula is C14H20BrN. The zero-order valence-electron chi connectivity index (χ0n) is 10.1. The maximum absolute atomic E-state index is 3.67. The molecule has 1 fully saturated rings. The van der Waals surface area contributed by atoms with Crippen molar-refractivity contribution < 1.29 is 0 Å². The van der Waals surface area contributed by atoms with E-state index in [1.165, 1.54) is 41.4 Å². The Balaban J connectivity index is 2.05. The molecule has 1 saturated carbocycles. The smallest absolute Gasteiger partial charge is 0.0489 e. The average Bonchev–Trinajstić information content (AvgIpc) is 2.24. The van der Waals surface area contributed by atoms with Gasteiger partial charge in [-0.1, -0.05) is 25.8 Å². The van der Waals surface area contributed by atoms with Crippen molar-refractivity contribution in [3.8, 4) is 0 Å². The van der Waals surface area contributed by atoms with Crippen LogP contribution in [0.3, 0.4) is 0 Å². The monoisotopic (exact) mass is 281 g/mol. The highest BCUT2D eigenvalue weighted by Gasteiger charge is 2.19. The van der Waals surface area contributed by atoms with E-state index in [1.54, 1.807) is 0 Å². The normalized spacial score (nSPS) is 25.4. The summed E-state index contributed by atoms with van der Waals surface area (Å²) >= 11 is 3.61. The maximum atomic E-state index is 3.67. The Labute approximate surface area is 107 Å². The van der Waals surface area contributed by atoms with Crippen LogP contribution in [-0.2, 0) is 0 Å². The lowest BCUT2D eigenvalue weighted by Crippen LogP contribution is -2.26. The Hall–Kier alpha value is -0.500. The van der Waals surface area contributed by atoms with E-state index >= 15 is 0 Å². The van der Waals surface area contributed by atoms with Crippen molar-refractivity contribution >= 4 is 21.6 Å². The molecule has 0 spiro atoms. The molecule has 0 saturated heterocycles. The van der Waals surface area contributed by atoms with Gasteiger partial charge in [0.05, 0.1) is 0 Å². The predicted molar refractivity (Wildman–Crippen MR) is 73.9 cm³/mol. The van der Waals surface area contributed by atoms with E-state index in [1.807, 2.05) is 0 Å². The number of halogens is 1. The molecule has 2 rings (SSSR count). The van der Waals surface area contributed by atoms with E-state index in [0.717, 1.165) is 5.92 Å². The average molecular weight is 282 g/mol. The fourth-order valence-corrected chi connectivity index (χ4v) is 2.90. The highest BCUT2D eigenvalue weighted by atomic mass is 79.9. The second-order valence-electron chi connectivity index (χ2n) is 5.10. The first-order valence-electron chi connectivity index (χ1n) is 6.18. The maximum Gasteiger partial charge on any atom is 0.0489 e. The van der Waals surface area contributed by atoms with Crippen molar-refractivity contribution in [3.63, 3.8) is 0 Å². The van der Waals surface area contributed by atoms with E-state index in [-0.39, 0.29) is 0 Å². The van der Waals surface area contributed by atoms with Gasteiger partial charge in [-0.25, -0.2) is 0 Å². The van der Waals surface area contributed by atoms with Crippen LogP contribution in [-0.4, -0.2) is 6.04 Å². The Kier molecular flexibility index (Phi) is 3.91. The Morgan fingerprint density at radius 3 is 2.88 bits per heavy atom. The first-order valence-corrected chi connectivity index (χ1v) is 6.97. The van der Waals surface area contributed by atoms with Gasteiger partial charge in [-0.2, -0.15) is 0 Å². The molecule has 88 valence electrons. The van der Waals surface area contributed by atoms with Gasteiger partial charge in [-0.3, -0.25) is 0 Å². The van der Waals surface area contributed by atoms with Crippen molar-refractivity contribution in [1.29, 1.82) is 0 Å². The minimum absolute atomic E-state index is 0.654. The zero-order chi connectivity index (χ0) is 11.5. The van der Waals surface area contributed by atoms with Gasteiger partial charge in [-0.05, 0) is 59.3 Å². The molecule has 1 N–H and O–H groups in total. The highest BCUT2D eigenvalue weighted by Crippen LogP contribution is 2.29. The van der Waals surface area contributed by atoms with E-state index in [2.05, 4.69) is 53.3 Å². The van der Waals surface area contributed by atoms with E-state index in [0.29, 0.717) is 6.04 Å². The van der Waals surface area contributed by atoms with Crippen LogP contribution in [0.15, 0.2) is 22.7 Å². The molecule has 1 aromatic carbocycles. The van der Waals surface area contributed by atoms with E-state index in [4.69, 9.17) is 0 Å². The topological polar surface area (TPSA) is 12.0 Å². The lowest BCUT2D eigenvalue weighted by molar-refractivity contribution is 0.358. The molecule has 1 nitrogen and oxygen atoms in total. The fourth-order valence-electron chi connectivity index (χ4n) is 2.53. The summed E-state index contributed by atoms with van der Waals surface area (Å²) in [5.74, 6) is 0.870. The molecule has 0 heterocycles. The number of aryl methyl sites for hydroxylation is 1. The minimum atomic E-state index is 0.654. The van der Waals surface area contributed by atoms with Crippen molar-refractivity contribution in [2.45, 2.75) is 45.6 Å². The number of anilines is 1. The summed E-state index contributed by atoms with van der Waals surface area (Å²) in [6, 6.07) is 7.15.